The van der Waals surface area contributed by atoms with E-state index in [9.17, 15) is 0 Å². The van der Waals surface area contributed by atoms with Gasteiger partial charge in [-0.25, -0.2) is 0 Å². The summed E-state index contributed by atoms with van der Waals surface area (Å²) in [5.41, 5.74) is 5.02. The van der Waals surface area contributed by atoms with Crippen molar-refractivity contribution in [1.29, 1.82) is 0 Å². The summed E-state index contributed by atoms with van der Waals surface area (Å²) in [6.45, 7) is 7.92. The molecule has 108 valence electrons. The van der Waals surface area contributed by atoms with Crippen molar-refractivity contribution >= 4 is 5.69 Å². The van der Waals surface area contributed by atoms with Crippen molar-refractivity contribution in [3.05, 3.63) is 52.5 Å². The van der Waals surface area contributed by atoms with Gasteiger partial charge >= 0.3 is 0 Å². The Bertz CT molecular complexity index is 566. The van der Waals surface area contributed by atoms with Gasteiger partial charge in [0.2, 0.25) is 0 Å². The number of hydrogen-bond donors (Lipinski definition) is 1. The fourth-order valence-electron chi connectivity index (χ4n) is 2.50. The van der Waals surface area contributed by atoms with Crippen molar-refractivity contribution in [3.8, 4) is 0 Å². The van der Waals surface area contributed by atoms with Gasteiger partial charge in [0, 0.05) is 12.7 Å². The van der Waals surface area contributed by atoms with Crippen molar-refractivity contribution < 1.29 is 4.42 Å². The topological polar surface area (TPSA) is 28.4 Å². The van der Waals surface area contributed by atoms with Gasteiger partial charge in [0.1, 0.15) is 11.5 Å². The molecule has 0 spiro atoms. The molecule has 0 aliphatic rings. The van der Waals surface area contributed by atoms with Gasteiger partial charge in [0.25, 0.3) is 0 Å². The molecule has 1 aromatic heterocycles. The Balaban J connectivity index is 2.14. The molecule has 2 rings (SSSR count). The van der Waals surface area contributed by atoms with E-state index in [0.717, 1.165) is 24.6 Å². The number of anilines is 1. The lowest BCUT2D eigenvalue weighted by Crippen LogP contribution is -2.16. The summed E-state index contributed by atoms with van der Waals surface area (Å²) >= 11 is 0. The molecule has 0 amide bonds. The molecule has 3 heteroatoms. The molecule has 1 N–H and O–H groups in total. The van der Waals surface area contributed by atoms with Gasteiger partial charge in [-0.2, -0.15) is 0 Å². The van der Waals surface area contributed by atoms with Crippen LogP contribution in [0.25, 0.3) is 0 Å². The molecule has 0 fully saturated rings. The van der Waals surface area contributed by atoms with E-state index < -0.39 is 0 Å². The molecule has 1 aromatic carbocycles. The maximum Gasteiger partial charge on any atom is 0.123 e. The first kappa shape index (κ1) is 14.7. The number of nitrogens with zero attached hydrogens (tertiary/aromatic N) is 1. The van der Waals surface area contributed by atoms with Crippen LogP contribution < -0.4 is 10.2 Å². The van der Waals surface area contributed by atoms with Crippen LogP contribution in [0.2, 0.25) is 0 Å². The molecule has 2 aromatic rings. The summed E-state index contributed by atoms with van der Waals surface area (Å²) in [5, 5.41) is 3.13. The number of furan rings is 1. The zero-order valence-electron chi connectivity index (χ0n) is 13.1. The van der Waals surface area contributed by atoms with Gasteiger partial charge in [-0.15, -0.1) is 0 Å². The molecule has 0 aliphatic heterocycles. The lowest BCUT2D eigenvalue weighted by atomic mass is 10.1. The molecule has 0 saturated heterocycles. The molecule has 3 nitrogen and oxygen atoms in total. The third kappa shape index (κ3) is 3.42. The van der Waals surface area contributed by atoms with Gasteiger partial charge < -0.3 is 14.6 Å². The third-order valence-electron chi connectivity index (χ3n) is 3.45. The third-order valence-corrected chi connectivity index (χ3v) is 3.45. The SMILES string of the molecule is CNCc1oc(CN(C)c2cc(C)cc(C)c2)cc1C. The van der Waals surface area contributed by atoms with Crippen LogP contribution in [0.3, 0.4) is 0 Å². The van der Waals surface area contributed by atoms with Crippen LogP contribution in [0.5, 0.6) is 0 Å². The van der Waals surface area contributed by atoms with Crippen molar-refractivity contribution in [1.82, 2.24) is 5.32 Å². The van der Waals surface area contributed by atoms with Crippen LogP contribution in [0.4, 0.5) is 5.69 Å². The normalized spacial score (nSPS) is 10.8. The van der Waals surface area contributed by atoms with E-state index >= 15 is 0 Å². The maximum atomic E-state index is 5.90. The van der Waals surface area contributed by atoms with Crippen molar-refractivity contribution in [2.45, 2.75) is 33.9 Å². The molecule has 0 unspecified atom stereocenters. The molecular weight excluding hydrogens is 248 g/mol. The first-order chi connectivity index (χ1) is 9.49. The Morgan fingerprint density at radius 1 is 1.05 bits per heavy atom. The molecule has 0 bridgehead atoms. The highest BCUT2D eigenvalue weighted by Crippen LogP contribution is 2.21. The van der Waals surface area contributed by atoms with E-state index in [2.05, 4.69) is 62.3 Å². The Morgan fingerprint density at radius 2 is 1.70 bits per heavy atom. The zero-order chi connectivity index (χ0) is 14.7. The minimum Gasteiger partial charge on any atom is -0.463 e. The first-order valence-electron chi connectivity index (χ1n) is 7.02. The van der Waals surface area contributed by atoms with Gasteiger partial charge in [-0.3, -0.25) is 0 Å². The van der Waals surface area contributed by atoms with E-state index in [1.54, 1.807) is 0 Å². The highest BCUT2D eigenvalue weighted by molar-refractivity contribution is 5.50. The van der Waals surface area contributed by atoms with Gasteiger partial charge in [-0.05, 0) is 62.7 Å². The molecule has 1 heterocycles. The summed E-state index contributed by atoms with van der Waals surface area (Å²) in [6.07, 6.45) is 0. The molecule has 20 heavy (non-hydrogen) atoms. The Labute approximate surface area is 121 Å². The predicted octanol–water partition coefficient (Wildman–Crippen LogP) is 3.56. The number of rotatable bonds is 5. The van der Waals surface area contributed by atoms with Crippen LogP contribution in [0.15, 0.2) is 28.7 Å². The van der Waals surface area contributed by atoms with Crippen molar-refractivity contribution in [2.24, 2.45) is 0 Å². The largest absolute Gasteiger partial charge is 0.463 e. The second-order valence-electron chi connectivity index (χ2n) is 5.55. The Morgan fingerprint density at radius 3 is 2.30 bits per heavy atom. The summed E-state index contributed by atoms with van der Waals surface area (Å²) in [6, 6.07) is 8.74. The highest BCUT2D eigenvalue weighted by atomic mass is 16.3. The van der Waals surface area contributed by atoms with Gasteiger partial charge in [0.15, 0.2) is 0 Å². The number of benzene rings is 1. The smallest absolute Gasteiger partial charge is 0.123 e. The molecular formula is C17H24N2O. The molecule has 0 atom stereocenters. The summed E-state index contributed by atoms with van der Waals surface area (Å²) in [5.74, 6) is 2.03. The number of aryl methyl sites for hydroxylation is 3. The average molecular weight is 272 g/mol. The second kappa shape index (κ2) is 6.14. The van der Waals surface area contributed by atoms with E-state index in [-0.39, 0.29) is 0 Å². The van der Waals surface area contributed by atoms with Crippen LogP contribution in [0, 0.1) is 20.8 Å². The standard InChI is InChI=1S/C17H24N2O/c1-12-6-13(2)8-15(7-12)19(5)11-16-9-14(3)17(20-16)10-18-4/h6-9,18H,10-11H2,1-5H3. The minimum atomic E-state index is 0.777. The lowest BCUT2D eigenvalue weighted by molar-refractivity contribution is 0.451. The summed E-state index contributed by atoms with van der Waals surface area (Å²) < 4.78 is 5.90. The fraction of sp³-hybridized carbons (Fsp3) is 0.412. The summed E-state index contributed by atoms with van der Waals surface area (Å²) in [7, 11) is 4.03. The molecule has 0 radical (unpaired) electrons. The average Bonchev–Trinajstić information content (AvgIpc) is 2.69. The van der Waals surface area contributed by atoms with Crippen LogP contribution in [-0.2, 0) is 13.1 Å². The minimum absolute atomic E-state index is 0.777. The van der Waals surface area contributed by atoms with Crippen LogP contribution >= 0.6 is 0 Å². The predicted molar refractivity (Wildman–Crippen MR) is 84.2 cm³/mol. The van der Waals surface area contributed by atoms with E-state index in [1.165, 1.54) is 22.4 Å². The second-order valence-corrected chi connectivity index (χ2v) is 5.55. The highest BCUT2D eigenvalue weighted by Gasteiger charge is 2.10. The fourth-order valence-corrected chi connectivity index (χ4v) is 2.50. The summed E-state index contributed by atoms with van der Waals surface area (Å²) in [4.78, 5) is 2.22. The zero-order valence-corrected chi connectivity index (χ0v) is 13.1. The molecule has 0 aliphatic carbocycles. The van der Waals surface area contributed by atoms with E-state index in [0.29, 0.717) is 0 Å². The van der Waals surface area contributed by atoms with Crippen LogP contribution in [0.1, 0.15) is 28.2 Å². The quantitative estimate of drug-likeness (QED) is 0.902. The van der Waals surface area contributed by atoms with E-state index in [4.69, 9.17) is 4.42 Å². The Hall–Kier alpha value is -1.74. The Kier molecular flexibility index (Phi) is 4.50. The number of hydrogen-bond acceptors (Lipinski definition) is 3. The first-order valence-corrected chi connectivity index (χ1v) is 7.02. The number of nitrogens with one attached hydrogen (secondary N) is 1. The molecule has 0 saturated carbocycles. The van der Waals surface area contributed by atoms with Gasteiger partial charge in [-0.1, -0.05) is 6.07 Å². The van der Waals surface area contributed by atoms with Crippen molar-refractivity contribution in [3.63, 3.8) is 0 Å². The monoisotopic (exact) mass is 272 g/mol. The lowest BCUT2D eigenvalue weighted by Gasteiger charge is -2.19. The van der Waals surface area contributed by atoms with Crippen LogP contribution in [-0.4, -0.2) is 14.1 Å². The van der Waals surface area contributed by atoms with Gasteiger partial charge in [0.05, 0.1) is 13.1 Å². The maximum absolute atomic E-state index is 5.90. The van der Waals surface area contributed by atoms with E-state index in [1.807, 2.05) is 7.05 Å². The van der Waals surface area contributed by atoms with Crippen molar-refractivity contribution in [2.75, 3.05) is 19.0 Å².